The molecule has 0 saturated heterocycles. The second kappa shape index (κ2) is 13.2. The van der Waals surface area contributed by atoms with E-state index in [2.05, 4.69) is 182 Å². The second-order valence-electron chi connectivity index (χ2n) is 14.5. The van der Waals surface area contributed by atoms with Crippen molar-refractivity contribution in [2.45, 2.75) is 0 Å². The topological polar surface area (TPSA) is 26.3 Å². The van der Waals surface area contributed by atoms with Crippen molar-refractivity contribution in [2.24, 2.45) is 0 Å². The van der Waals surface area contributed by atoms with Crippen LogP contribution in [0.25, 0.3) is 111 Å². The first-order valence-electron chi connectivity index (χ1n) is 19.1. The third kappa shape index (κ3) is 5.68. The molecule has 262 valence electrons. The molecule has 2 aromatic heterocycles. The predicted octanol–water partition coefficient (Wildman–Crippen LogP) is 15.5. The van der Waals surface area contributed by atoms with Gasteiger partial charge in [-0.05, 0) is 133 Å². The molecule has 0 spiro atoms. The molecule has 0 amide bonds. The SMILES string of the molecule is c1cc(-c2cccc(-c3cccc(-c4ccc5c(c4)oc4ccccc45)c3)c2)cc(-c2cccc(-c3cccc(-c4ccc5c(c4)oc4ccccc45)c3)c2)c1. The zero-order chi connectivity index (χ0) is 37.0. The van der Waals surface area contributed by atoms with Gasteiger partial charge in [0.25, 0.3) is 0 Å². The van der Waals surface area contributed by atoms with Crippen LogP contribution in [0.3, 0.4) is 0 Å². The first-order valence-corrected chi connectivity index (χ1v) is 19.1. The maximum atomic E-state index is 6.20. The quantitative estimate of drug-likeness (QED) is 0.171. The van der Waals surface area contributed by atoms with E-state index in [1.807, 2.05) is 24.3 Å². The molecule has 11 rings (SSSR count). The molecule has 0 saturated carbocycles. The molecule has 2 nitrogen and oxygen atoms in total. The van der Waals surface area contributed by atoms with Crippen LogP contribution < -0.4 is 0 Å². The average Bonchev–Trinajstić information content (AvgIpc) is 3.84. The summed E-state index contributed by atoms with van der Waals surface area (Å²) in [5, 5.41) is 4.58. The van der Waals surface area contributed by atoms with Gasteiger partial charge >= 0.3 is 0 Å². The predicted molar refractivity (Wildman–Crippen MR) is 234 cm³/mol. The Morgan fingerprint density at radius 1 is 0.179 bits per heavy atom. The minimum Gasteiger partial charge on any atom is -0.456 e. The Bertz CT molecular complexity index is 3050. The maximum absolute atomic E-state index is 6.20. The molecule has 0 bridgehead atoms. The van der Waals surface area contributed by atoms with Crippen LogP contribution in [0.2, 0.25) is 0 Å². The summed E-state index contributed by atoms with van der Waals surface area (Å²) in [6, 6.07) is 73.6. The first-order chi connectivity index (χ1) is 27.7. The molecular formula is C54H34O2. The molecule has 11 aromatic rings. The number of hydrogen-bond acceptors (Lipinski definition) is 2. The van der Waals surface area contributed by atoms with Gasteiger partial charge in [-0.3, -0.25) is 0 Å². The third-order valence-corrected chi connectivity index (χ3v) is 11.1. The van der Waals surface area contributed by atoms with Crippen molar-refractivity contribution in [1.82, 2.24) is 0 Å². The van der Waals surface area contributed by atoms with Crippen molar-refractivity contribution in [3.8, 4) is 66.8 Å². The number of hydrogen-bond donors (Lipinski definition) is 0. The summed E-state index contributed by atoms with van der Waals surface area (Å²) >= 11 is 0. The number of furan rings is 2. The van der Waals surface area contributed by atoms with Crippen molar-refractivity contribution in [2.75, 3.05) is 0 Å². The van der Waals surface area contributed by atoms with Crippen molar-refractivity contribution in [3.05, 3.63) is 206 Å². The van der Waals surface area contributed by atoms with Gasteiger partial charge in [-0.15, -0.1) is 0 Å². The van der Waals surface area contributed by atoms with Crippen molar-refractivity contribution in [1.29, 1.82) is 0 Å². The molecule has 56 heavy (non-hydrogen) atoms. The van der Waals surface area contributed by atoms with Gasteiger partial charge in [-0.2, -0.15) is 0 Å². The van der Waals surface area contributed by atoms with Crippen LogP contribution in [0.1, 0.15) is 0 Å². The van der Waals surface area contributed by atoms with E-state index in [1.54, 1.807) is 0 Å². The fraction of sp³-hybridized carbons (Fsp3) is 0. The molecule has 0 aliphatic rings. The molecule has 9 aromatic carbocycles. The lowest BCUT2D eigenvalue weighted by atomic mass is 9.93. The van der Waals surface area contributed by atoms with Crippen molar-refractivity contribution < 1.29 is 8.83 Å². The fourth-order valence-electron chi connectivity index (χ4n) is 8.20. The third-order valence-electron chi connectivity index (χ3n) is 11.1. The molecule has 0 N–H and O–H groups in total. The lowest BCUT2D eigenvalue weighted by Crippen LogP contribution is -1.86. The summed E-state index contributed by atoms with van der Waals surface area (Å²) in [6.45, 7) is 0. The van der Waals surface area contributed by atoms with Crippen LogP contribution >= 0.6 is 0 Å². The van der Waals surface area contributed by atoms with E-state index < -0.39 is 0 Å². The molecule has 0 fully saturated rings. The highest BCUT2D eigenvalue weighted by Crippen LogP contribution is 2.37. The highest BCUT2D eigenvalue weighted by Gasteiger charge is 2.12. The van der Waals surface area contributed by atoms with Gasteiger partial charge in [0, 0.05) is 21.5 Å². The van der Waals surface area contributed by atoms with E-state index in [4.69, 9.17) is 8.83 Å². The molecule has 0 radical (unpaired) electrons. The standard InChI is InChI=1S/C54H34O2/c1-3-22-51-47(20-1)49-26-24-45(33-53(49)55-51)43-18-8-16-41(31-43)39-14-6-12-37(29-39)35-10-5-11-36(28-35)38-13-7-15-40(30-38)42-17-9-19-44(32-42)46-25-27-50-48-21-2-4-23-52(48)56-54(50)34-46/h1-34H. The number of fused-ring (bicyclic) bond motifs is 6. The molecule has 2 heterocycles. The van der Waals surface area contributed by atoms with E-state index in [9.17, 15) is 0 Å². The molecular weight excluding hydrogens is 681 g/mol. The Morgan fingerprint density at radius 3 is 0.732 bits per heavy atom. The van der Waals surface area contributed by atoms with Gasteiger partial charge in [-0.25, -0.2) is 0 Å². The van der Waals surface area contributed by atoms with Gasteiger partial charge in [0.2, 0.25) is 0 Å². The van der Waals surface area contributed by atoms with Gasteiger partial charge in [0.1, 0.15) is 22.3 Å². The number of benzene rings is 9. The Kier molecular flexibility index (Phi) is 7.53. The minimum atomic E-state index is 0.910. The minimum absolute atomic E-state index is 0.910. The van der Waals surface area contributed by atoms with E-state index >= 15 is 0 Å². The summed E-state index contributed by atoms with van der Waals surface area (Å²) in [7, 11) is 0. The summed E-state index contributed by atoms with van der Waals surface area (Å²) in [5.41, 5.74) is 17.7. The zero-order valence-electron chi connectivity index (χ0n) is 30.4. The molecule has 0 aliphatic carbocycles. The number of rotatable bonds is 6. The van der Waals surface area contributed by atoms with E-state index in [0.717, 1.165) is 66.1 Å². The highest BCUT2D eigenvalue weighted by atomic mass is 16.3. The monoisotopic (exact) mass is 714 g/mol. The van der Waals surface area contributed by atoms with Crippen molar-refractivity contribution in [3.63, 3.8) is 0 Å². The maximum Gasteiger partial charge on any atom is 0.136 e. The second-order valence-corrected chi connectivity index (χ2v) is 14.5. The smallest absolute Gasteiger partial charge is 0.136 e. The zero-order valence-corrected chi connectivity index (χ0v) is 30.4. The van der Waals surface area contributed by atoms with Crippen LogP contribution in [0.15, 0.2) is 215 Å². The molecule has 0 unspecified atom stereocenters. The lowest BCUT2D eigenvalue weighted by molar-refractivity contribution is 0.668. The van der Waals surface area contributed by atoms with Crippen LogP contribution in [-0.2, 0) is 0 Å². The van der Waals surface area contributed by atoms with E-state index in [-0.39, 0.29) is 0 Å². The Labute approximate surface area is 324 Å². The first kappa shape index (κ1) is 32.0. The molecule has 2 heteroatoms. The summed E-state index contributed by atoms with van der Waals surface area (Å²) < 4.78 is 12.4. The highest BCUT2D eigenvalue weighted by molar-refractivity contribution is 6.07. The molecule has 0 aliphatic heterocycles. The Morgan fingerprint density at radius 2 is 0.429 bits per heavy atom. The van der Waals surface area contributed by atoms with E-state index in [0.29, 0.717) is 0 Å². The van der Waals surface area contributed by atoms with Crippen LogP contribution in [0, 0.1) is 0 Å². The van der Waals surface area contributed by atoms with Crippen LogP contribution in [-0.4, -0.2) is 0 Å². The summed E-state index contributed by atoms with van der Waals surface area (Å²) in [4.78, 5) is 0. The van der Waals surface area contributed by atoms with Gasteiger partial charge in [0.05, 0.1) is 0 Å². The van der Waals surface area contributed by atoms with E-state index in [1.165, 1.54) is 44.5 Å². The Hall–Kier alpha value is -7.42. The summed E-state index contributed by atoms with van der Waals surface area (Å²) in [5.74, 6) is 0. The average molecular weight is 715 g/mol. The molecule has 0 atom stereocenters. The van der Waals surface area contributed by atoms with Crippen LogP contribution in [0.4, 0.5) is 0 Å². The van der Waals surface area contributed by atoms with Crippen molar-refractivity contribution >= 4 is 43.9 Å². The largest absolute Gasteiger partial charge is 0.456 e. The number of para-hydroxylation sites is 2. The van der Waals surface area contributed by atoms with Gasteiger partial charge in [0.15, 0.2) is 0 Å². The summed E-state index contributed by atoms with van der Waals surface area (Å²) in [6.07, 6.45) is 0. The lowest BCUT2D eigenvalue weighted by Gasteiger charge is -2.11. The van der Waals surface area contributed by atoms with Gasteiger partial charge in [-0.1, -0.05) is 140 Å². The van der Waals surface area contributed by atoms with Gasteiger partial charge < -0.3 is 8.83 Å². The normalized spacial score (nSPS) is 11.6. The Balaban J connectivity index is 0.878. The van der Waals surface area contributed by atoms with Crippen LogP contribution in [0.5, 0.6) is 0 Å². The fourth-order valence-corrected chi connectivity index (χ4v) is 8.20.